The van der Waals surface area contributed by atoms with Crippen molar-refractivity contribution in [3.63, 3.8) is 0 Å². The highest BCUT2D eigenvalue weighted by Gasteiger charge is 2.44. The van der Waals surface area contributed by atoms with Crippen molar-refractivity contribution < 1.29 is 24.2 Å². The number of phenols is 1. The number of benzene rings is 1. The molecular weight excluding hydrogens is 488 g/mol. The highest BCUT2D eigenvalue weighted by Crippen LogP contribution is 2.49. The Labute approximate surface area is 202 Å². The van der Waals surface area contributed by atoms with Gasteiger partial charge < -0.3 is 24.8 Å². The standard InChI is InChI=1S/C25H31BrN2O5/c1-5-33-19-11-15(10-16(26)23(19)30)21-20(24(31)28-6-8-32-9-7-28)14(2)27-17-12-25(3,4)13-18(29)22(17)21/h10-11,21,27,30H,5-9,12-13H2,1-4H3. The molecule has 1 amide bonds. The molecule has 8 heteroatoms. The number of rotatable bonds is 4. The molecule has 1 aromatic rings. The molecule has 0 bridgehead atoms. The second-order valence-corrected chi connectivity index (χ2v) is 10.5. The molecule has 2 aliphatic heterocycles. The highest BCUT2D eigenvalue weighted by atomic mass is 79.9. The van der Waals surface area contributed by atoms with Gasteiger partial charge in [0.15, 0.2) is 17.3 Å². The van der Waals surface area contributed by atoms with Crippen molar-refractivity contribution in [2.75, 3.05) is 32.9 Å². The normalized spacial score (nSPS) is 22.8. The van der Waals surface area contributed by atoms with Crippen LogP contribution in [0.25, 0.3) is 0 Å². The third-order valence-corrected chi connectivity index (χ3v) is 7.06. The number of phenolic OH excluding ortho intramolecular Hbond substituents is 1. The average Bonchev–Trinajstić information content (AvgIpc) is 2.75. The zero-order valence-electron chi connectivity index (χ0n) is 19.6. The molecule has 0 spiro atoms. The van der Waals surface area contributed by atoms with Gasteiger partial charge in [-0.05, 0) is 59.3 Å². The quantitative estimate of drug-likeness (QED) is 0.625. The van der Waals surface area contributed by atoms with Crippen molar-refractivity contribution in [3.8, 4) is 11.5 Å². The summed E-state index contributed by atoms with van der Waals surface area (Å²) in [5.41, 5.74) is 3.40. The third-order valence-electron chi connectivity index (χ3n) is 6.45. The number of Topliss-reactive ketones (excluding diaryl/α,β-unsaturated/α-hetero) is 1. The predicted molar refractivity (Wildman–Crippen MR) is 128 cm³/mol. The highest BCUT2D eigenvalue weighted by molar-refractivity contribution is 9.10. The van der Waals surface area contributed by atoms with Crippen LogP contribution in [-0.4, -0.2) is 54.6 Å². The Hall–Kier alpha value is -2.32. The van der Waals surface area contributed by atoms with Gasteiger partial charge in [-0.25, -0.2) is 0 Å². The van der Waals surface area contributed by atoms with Crippen LogP contribution in [-0.2, 0) is 14.3 Å². The van der Waals surface area contributed by atoms with Gasteiger partial charge in [-0.1, -0.05) is 13.8 Å². The Balaban J connectivity index is 1.88. The Morgan fingerprint density at radius 1 is 1.30 bits per heavy atom. The van der Waals surface area contributed by atoms with E-state index in [1.165, 1.54) is 0 Å². The number of amides is 1. The van der Waals surface area contributed by atoms with E-state index in [1.807, 2.05) is 13.8 Å². The lowest BCUT2D eigenvalue weighted by Crippen LogP contribution is -2.45. The summed E-state index contributed by atoms with van der Waals surface area (Å²) in [7, 11) is 0. The lowest BCUT2D eigenvalue weighted by atomic mass is 9.68. The molecule has 1 atom stereocenters. The smallest absolute Gasteiger partial charge is 0.252 e. The number of dihydropyridines is 1. The zero-order valence-corrected chi connectivity index (χ0v) is 21.2. The van der Waals surface area contributed by atoms with E-state index in [0.717, 1.165) is 23.4 Å². The van der Waals surface area contributed by atoms with Crippen LogP contribution in [0.1, 0.15) is 52.0 Å². The van der Waals surface area contributed by atoms with Gasteiger partial charge in [0.2, 0.25) is 0 Å². The van der Waals surface area contributed by atoms with Crippen LogP contribution < -0.4 is 10.1 Å². The lowest BCUT2D eigenvalue weighted by Gasteiger charge is -2.41. The van der Waals surface area contributed by atoms with Gasteiger partial charge in [-0.3, -0.25) is 9.59 Å². The summed E-state index contributed by atoms with van der Waals surface area (Å²) in [4.78, 5) is 29.0. The molecule has 33 heavy (non-hydrogen) atoms. The summed E-state index contributed by atoms with van der Waals surface area (Å²) in [5.74, 6) is -0.278. The van der Waals surface area contributed by atoms with Crippen molar-refractivity contribution in [2.45, 2.75) is 46.5 Å². The van der Waals surface area contributed by atoms with Gasteiger partial charge in [-0.15, -0.1) is 0 Å². The number of morpholine rings is 1. The first-order chi connectivity index (χ1) is 15.6. The van der Waals surface area contributed by atoms with Gasteiger partial charge >= 0.3 is 0 Å². The molecule has 1 unspecified atom stereocenters. The fourth-order valence-electron chi connectivity index (χ4n) is 5.02. The number of hydrogen-bond donors (Lipinski definition) is 2. The molecule has 4 rings (SSSR count). The molecule has 1 fully saturated rings. The molecule has 3 aliphatic rings. The van der Waals surface area contributed by atoms with Crippen LogP contribution in [0, 0.1) is 5.41 Å². The van der Waals surface area contributed by atoms with Gasteiger partial charge in [-0.2, -0.15) is 0 Å². The maximum Gasteiger partial charge on any atom is 0.252 e. The topological polar surface area (TPSA) is 88.1 Å². The first-order valence-corrected chi connectivity index (χ1v) is 12.2. The van der Waals surface area contributed by atoms with Crippen molar-refractivity contribution in [2.24, 2.45) is 5.41 Å². The number of nitrogens with zero attached hydrogens (tertiary/aromatic N) is 1. The fourth-order valence-corrected chi connectivity index (χ4v) is 5.48. The molecule has 0 radical (unpaired) electrons. The minimum absolute atomic E-state index is 0.00148. The Morgan fingerprint density at radius 3 is 2.67 bits per heavy atom. The number of carbonyl (C=O) groups excluding carboxylic acids is 2. The fraction of sp³-hybridized carbons (Fsp3) is 0.520. The lowest BCUT2D eigenvalue weighted by molar-refractivity contribution is -0.131. The second kappa shape index (κ2) is 9.14. The van der Waals surface area contributed by atoms with Crippen LogP contribution in [0.3, 0.4) is 0 Å². The maximum atomic E-state index is 13.8. The summed E-state index contributed by atoms with van der Waals surface area (Å²) in [6, 6.07) is 3.53. The Morgan fingerprint density at radius 2 is 2.00 bits per heavy atom. The van der Waals surface area contributed by atoms with Crippen molar-refractivity contribution in [1.82, 2.24) is 10.2 Å². The molecular formula is C25H31BrN2O5. The number of ether oxygens (including phenoxy) is 2. The summed E-state index contributed by atoms with van der Waals surface area (Å²) < 4.78 is 11.6. The Bertz CT molecular complexity index is 1050. The third kappa shape index (κ3) is 4.55. The largest absolute Gasteiger partial charge is 0.503 e. The minimum atomic E-state index is -0.545. The van der Waals surface area contributed by atoms with Crippen LogP contribution in [0.5, 0.6) is 11.5 Å². The monoisotopic (exact) mass is 518 g/mol. The summed E-state index contributed by atoms with van der Waals surface area (Å²) >= 11 is 3.43. The molecule has 0 saturated carbocycles. The number of nitrogens with one attached hydrogen (secondary N) is 1. The van der Waals surface area contributed by atoms with Crippen molar-refractivity contribution in [3.05, 3.63) is 44.7 Å². The van der Waals surface area contributed by atoms with Crippen molar-refractivity contribution >= 4 is 27.6 Å². The Kier molecular flexibility index (Phi) is 6.60. The van der Waals surface area contributed by atoms with Crippen LogP contribution in [0.4, 0.5) is 0 Å². The molecule has 2 heterocycles. The van der Waals surface area contributed by atoms with Crippen LogP contribution in [0.2, 0.25) is 0 Å². The van der Waals surface area contributed by atoms with Crippen molar-refractivity contribution in [1.29, 1.82) is 0 Å². The first-order valence-electron chi connectivity index (χ1n) is 11.4. The summed E-state index contributed by atoms with van der Waals surface area (Å²) in [6.45, 7) is 10.3. The molecule has 0 aromatic heterocycles. The second-order valence-electron chi connectivity index (χ2n) is 9.62. The predicted octanol–water partition coefficient (Wildman–Crippen LogP) is 4.02. The number of allylic oxidation sites excluding steroid dienone is 3. The van der Waals surface area contributed by atoms with E-state index in [-0.39, 0.29) is 22.9 Å². The molecule has 1 aromatic carbocycles. The number of aromatic hydroxyl groups is 1. The van der Waals surface area contributed by atoms with E-state index in [9.17, 15) is 14.7 Å². The maximum absolute atomic E-state index is 13.8. The van der Waals surface area contributed by atoms with Gasteiger partial charge in [0.05, 0.1) is 24.3 Å². The number of halogens is 1. The van der Waals surface area contributed by atoms with E-state index in [0.29, 0.717) is 60.7 Å². The first kappa shape index (κ1) is 23.8. The number of hydrogen-bond acceptors (Lipinski definition) is 6. The van der Waals surface area contributed by atoms with E-state index in [2.05, 4.69) is 35.1 Å². The van der Waals surface area contributed by atoms with E-state index < -0.39 is 5.92 Å². The SMILES string of the molecule is CCOc1cc(C2C(C(=O)N3CCOCC3)=C(C)NC3=C2C(=O)CC(C)(C)C3)cc(Br)c1O. The van der Waals surface area contributed by atoms with Gasteiger partial charge in [0, 0.05) is 48.0 Å². The van der Waals surface area contributed by atoms with E-state index >= 15 is 0 Å². The summed E-state index contributed by atoms with van der Waals surface area (Å²) in [5, 5.41) is 13.9. The molecule has 1 aliphatic carbocycles. The van der Waals surface area contributed by atoms with E-state index in [1.54, 1.807) is 17.0 Å². The number of ketones is 1. The molecule has 7 nitrogen and oxygen atoms in total. The molecule has 1 saturated heterocycles. The zero-order chi connectivity index (χ0) is 23.9. The number of carbonyl (C=O) groups is 2. The minimum Gasteiger partial charge on any atom is -0.503 e. The van der Waals surface area contributed by atoms with E-state index in [4.69, 9.17) is 9.47 Å². The molecule has 2 N–H and O–H groups in total. The van der Waals surface area contributed by atoms with Gasteiger partial charge in [0.1, 0.15) is 0 Å². The summed E-state index contributed by atoms with van der Waals surface area (Å²) in [6.07, 6.45) is 1.14. The molecule has 178 valence electrons. The van der Waals surface area contributed by atoms with Gasteiger partial charge in [0.25, 0.3) is 5.91 Å². The van der Waals surface area contributed by atoms with Crippen LogP contribution >= 0.6 is 15.9 Å². The van der Waals surface area contributed by atoms with Crippen LogP contribution in [0.15, 0.2) is 39.1 Å². The average molecular weight is 519 g/mol.